The number of rotatable bonds is 6. The van der Waals surface area contributed by atoms with E-state index in [1.165, 1.54) is 12.0 Å². The van der Waals surface area contributed by atoms with E-state index in [0.717, 1.165) is 18.9 Å². The van der Waals surface area contributed by atoms with Crippen LogP contribution in [0.3, 0.4) is 0 Å². The normalized spacial score (nSPS) is 11.6. The van der Waals surface area contributed by atoms with Gasteiger partial charge in [-0.1, -0.05) is 25.4 Å². The summed E-state index contributed by atoms with van der Waals surface area (Å²) < 4.78 is 5.25. The van der Waals surface area contributed by atoms with Gasteiger partial charge in [0.15, 0.2) is 0 Å². The molecule has 2 heteroatoms. The molecule has 0 aromatic heterocycles. The van der Waals surface area contributed by atoms with E-state index < -0.39 is 0 Å². The number of halogens is 1. The standard InChI is InChI=1S/C9H17ClO/c1-9(2)5-3-7-11-8-4-6-10/h4,6,9H,3,5,7-8H2,1-2H3/b6-4-. The highest BCUT2D eigenvalue weighted by atomic mass is 35.5. The molecule has 66 valence electrons. The molecule has 0 aliphatic rings. The van der Waals surface area contributed by atoms with Gasteiger partial charge in [0.1, 0.15) is 0 Å². The van der Waals surface area contributed by atoms with Crippen molar-refractivity contribution < 1.29 is 4.74 Å². The first-order valence-corrected chi connectivity index (χ1v) is 4.54. The Morgan fingerprint density at radius 1 is 1.45 bits per heavy atom. The van der Waals surface area contributed by atoms with Crippen LogP contribution in [0.25, 0.3) is 0 Å². The lowest BCUT2D eigenvalue weighted by Crippen LogP contribution is -1.96. The fraction of sp³-hybridized carbons (Fsp3) is 0.778. The summed E-state index contributed by atoms with van der Waals surface area (Å²) in [5.41, 5.74) is 1.49. The maximum Gasteiger partial charge on any atom is 0.0658 e. The molecule has 0 aromatic carbocycles. The SMILES string of the molecule is CC(C)CCCOC/C=C\Cl. The molecule has 0 spiro atoms. The fourth-order valence-corrected chi connectivity index (χ4v) is 0.854. The summed E-state index contributed by atoms with van der Waals surface area (Å²) in [6.07, 6.45) is 4.19. The van der Waals surface area contributed by atoms with Crippen LogP contribution in [0.4, 0.5) is 0 Å². The Morgan fingerprint density at radius 3 is 2.73 bits per heavy atom. The molecule has 0 amide bonds. The quantitative estimate of drug-likeness (QED) is 0.565. The van der Waals surface area contributed by atoms with Crippen LogP contribution in [0, 0.1) is 5.92 Å². The molecule has 0 heterocycles. The van der Waals surface area contributed by atoms with Crippen LogP contribution in [0.15, 0.2) is 11.6 Å². The third kappa shape index (κ3) is 9.99. The lowest BCUT2D eigenvalue weighted by molar-refractivity contribution is 0.155. The van der Waals surface area contributed by atoms with Crippen molar-refractivity contribution in [3.8, 4) is 0 Å². The smallest absolute Gasteiger partial charge is 0.0658 e. The third-order valence-electron chi connectivity index (χ3n) is 1.37. The minimum absolute atomic E-state index is 0.640. The Morgan fingerprint density at radius 2 is 2.18 bits per heavy atom. The van der Waals surface area contributed by atoms with Crippen molar-refractivity contribution in [1.29, 1.82) is 0 Å². The molecule has 0 saturated heterocycles. The van der Waals surface area contributed by atoms with Gasteiger partial charge in [-0.05, 0) is 24.8 Å². The predicted octanol–water partition coefficient (Wildman–Crippen LogP) is 3.19. The summed E-state index contributed by atoms with van der Waals surface area (Å²) in [7, 11) is 0. The third-order valence-corrected chi connectivity index (χ3v) is 1.55. The highest BCUT2D eigenvalue weighted by Gasteiger charge is 1.92. The Labute approximate surface area is 74.4 Å². The van der Waals surface area contributed by atoms with Gasteiger partial charge in [-0.25, -0.2) is 0 Å². The molecule has 0 aromatic rings. The van der Waals surface area contributed by atoms with E-state index in [0.29, 0.717) is 6.61 Å². The maximum absolute atomic E-state index is 5.30. The Balaban J connectivity index is 2.91. The molecule has 0 aliphatic carbocycles. The van der Waals surface area contributed by atoms with Crippen molar-refractivity contribution in [2.24, 2.45) is 5.92 Å². The zero-order chi connectivity index (χ0) is 8.53. The molecule has 0 fully saturated rings. The largest absolute Gasteiger partial charge is 0.377 e. The number of hydrogen-bond donors (Lipinski definition) is 0. The molecule has 0 bridgehead atoms. The van der Waals surface area contributed by atoms with Crippen molar-refractivity contribution in [2.75, 3.05) is 13.2 Å². The van der Waals surface area contributed by atoms with Crippen LogP contribution in [0.2, 0.25) is 0 Å². The first-order chi connectivity index (χ1) is 5.27. The van der Waals surface area contributed by atoms with Crippen LogP contribution in [0.1, 0.15) is 26.7 Å². The zero-order valence-electron chi connectivity index (χ0n) is 7.35. The van der Waals surface area contributed by atoms with E-state index in [9.17, 15) is 0 Å². The van der Waals surface area contributed by atoms with E-state index in [2.05, 4.69) is 13.8 Å². The van der Waals surface area contributed by atoms with E-state index in [1.54, 1.807) is 6.08 Å². The monoisotopic (exact) mass is 176 g/mol. The van der Waals surface area contributed by atoms with Crippen molar-refractivity contribution in [3.63, 3.8) is 0 Å². The first kappa shape index (κ1) is 11.0. The van der Waals surface area contributed by atoms with Crippen molar-refractivity contribution >= 4 is 11.6 Å². The molecule has 11 heavy (non-hydrogen) atoms. The maximum atomic E-state index is 5.30. The molecule has 0 saturated carbocycles. The van der Waals surface area contributed by atoms with Crippen LogP contribution in [0.5, 0.6) is 0 Å². The molecule has 0 radical (unpaired) electrons. The molecule has 0 unspecified atom stereocenters. The van der Waals surface area contributed by atoms with Crippen LogP contribution < -0.4 is 0 Å². The topological polar surface area (TPSA) is 9.23 Å². The van der Waals surface area contributed by atoms with Crippen LogP contribution in [-0.2, 0) is 4.74 Å². The predicted molar refractivity (Wildman–Crippen MR) is 49.9 cm³/mol. The van der Waals surface area contributed by atoms with Crippen molar-refractivity contribution in [2.45, 2.75) is 26.7 Å². The molecule has 0 N–H and O–H groups in total. The Hall–Kier alpha value is -0.0100. The van der Waals surface area contributed by atoms with Crippen molar-refractivity contribution in [3.05, 3.63) is 11.6 Å². The second kappa shape index (κ2) is 8.09. The number of ether oxygens (including phenoxy) is 1. The molecular formula is C9H17ClO. The van der Waals surface area contributed by atoms with E-state index >= 15 is 0 Å². The van der Waals surface area contributed by atoms with E-state index in [1.807, 2.05) is 0 Å². The van der Waals surface area contributed by atoms with Gasteiger partial charge >= 0.3 is 0 Å². The second-order valence-corrected chi connectivity index (χ2v) is 3.22. The molecule has 0 atom stereocenters. The summed E-state index contributed by atoms with van der Waals surface area (Å²) in [5.74, 6) is 0.780. The molecule has 1 nitrogen and oxygen atoms in total. The number of hydrogen-bond acceptors (Lipinski definition) is 1. The first-order valence-electron chi connectivity index (χ1n) is 4.10. The lowest BCUT2D eigenvalue weighted by atomic mass is 10.1. The average molecular weight is 177 g/mol. The van der Waals surface area contributed by atoms with Gasteiger partial charge in [0, 0.05) is 12.1 Å². The average Bonchev–Trinajstić information content (AvgIpc) is 1.96. The van der Waals surface area contributed by atoms with Gasteiger partial charge < -0.3 is 4.74 Å². The Kier molecular flexibility index (Phi) is 8.08. The lowest BCUT2D eigenvalue weighted by Gasteiger charge is -2.03. The van der Waals surface area contributed by atoms with Gasteiger partial charge in [-0.3, -0.25) is 0 Å². The highest BCUT2D eigenvalue weighted by Crippen LogP contribution is 2.02. The second-order valence-electron chi connectivity index (χ2n) is 2.97. The van der Waals surface area contributed by atoms with E-state index in [4.69, 9.17) is 16.3 Å². The van der Waals surface area contributed by atoms with Gasteiger partial charge in [-0.2, -0.15) is 0 Å². The summed E-state index contributed by atoms with van der Waals surface area (Å²) >= 11 is 5.30. The molecular weight excluding hydrogens is 160 g/mol. The highest BCUT2D eigenvalue weighted by molar-refractivity contribution is 6.25. The van der Waals surface area contributed by atoms with Gasteiger partial charge in [-0.15, -0.1) is 0 Å². The molecule has 0 rings (SSSR count). The summed E-state index contributed by atoms with van der Waals surface area (Å²) in [6.45, 7) is 5.93. The zero-order valence-corrected chi connectivity index (χ0v) is 8.10. The summed E-state index contributed by atoms with van der Waals surface area (Å²) in [4.78, 5) is 0. The minimum Gasteiger partial charge on any atom is -0.377 e. The van der Waals surface area contributed by atoms with Gasteiger partial charge in [0.25, 0.3) is 0 Å². The summed E-state index contributed by atoms with van der Waals surface area (Å²) in [6, 6.07) is 0. The van der Waals surface area contributed by atoms with Crippen molar-refractivity contribution in [1.82, 2.24) is 0 Å². The van der Waals surface area contributed by atoms with Gasteiger partial charge in [0.2, 0.25) is 0 Å². The molecule has 0 aliphatic heterocycles. The minimum atomic E-state index is 0.640. The Bertz CT molecular complexity index is 99.7. The van der Waals surface area contributed by atoms with E-state index in [-0.39, 0.29) is 0 Å². The van der Waals surface area contributed by atoms with Crippen LogP contribution in [-0.4, -0.2) is 13.2 Å². The fourth-order valence-electron chi connectivity index (χ4n) is 0.781. The summed E-state index contributed by atoms with van der Waals surface area (Å²) in [5, 5.41) is 0. The van der Waals surface area contributed by atoms with Crippen LogP contribution >= 0.6 is 11.6 Å². The van der Waals surface area contributed by atoms with Gasteiger partial charge in [0.05, 0.1) is 6.61 Å².